The monoisotopic (exact) mass is 430 g/mol. The van der Waals surface area contributed by atoms with Gasteiger partial charge in [-0.15, -0.1) is 21.5 Å². The molecule has 3 aromatic rings. The van der Waals surface area contributed by atoms with Crippen LogP contribution in [0.15, 0.2) is 41.8 Å². The number of rotatable bonds is 5. The number of benzene rings is 1. The van der Waals surface area contributed by atoms with Crippen LogP contribution in [0.1, 0.15) is 38.4 Å². The number of piperidine rings is 1. The Hall–Kier alpha value is -2.65. The molecule has 0 bridgehead atoms. The van der Waals surface area contributed by atoms with Crippen LogP contribution < -0.4 is 5.32 Å². The van der Waals surface area contributed by atoms with Gasteiger partial charge in [0.15, 0.2) is 0 Å². The van der Waals surface area contributed by atoms with Crippen LogP contribution in [-0.2, 0) is 11.2 Å². The topological polar surface area (TPSA) is 75.2 Å². The molecule has 2 amide bonds. The summed E-state index contributed by atoms with van der Waals surface area (Å²) in [7, 11) is 0. The van der Waals surface area contributed by atoms with Gasteiger partial charge in [0.2, 0.25) is 10.9 Å². The number of nitrogens with zero attached hydrogens (tertiary/aromatic N) is 3. The van der Waals surface area contributed by atoms with Gasteiger partial charge >= 0.3 is 0 Å². The summed E-state index contributed by atoms with van der Waals surface area (Å²) in [4.78, 5) is 27.9. The highest BCUT2D eigenvalue weighted by molar-refractivity contribution is 7.13. The molecule has 0 spiro atoms. The Labute approximate surface area is 175 Å². The molecule has 1 atom stereocenters. The number of amides is 2. The predicted molar refractivity (Wildman–Crippen MR) is 111 cm³/mol. The van der Waals surface area contributed by atoms with E-state index < -0.39 is 0 Å². The van der Waals surface area contributed by atoms with Gasteiger partial charge in [-0.1, -0.05) is 17.4 Å². The third-order valence-electron chi connectivity index (χ3n) is 4.77. The van der Waals surface area contributed by atoms with E-state index in [1.807, 2.05) is 22.4 Å². The standard InChI is InChI=1S/C20H19FN4O2S2/c21-14-5-7-15(8-6-14)22-18(27)20-24-23-19(29-20)13-3-1-9-25(12-13)17(26)11-16-4-2-10-28-16/h2,4-8,10,13H,1,3,9,11-12H2,(H,22,27)/t13-/m1/s1. The zero-order chi connectivity index (χ0) is 20.2. The van der Waals surface area contributed by atoms with Gasteiger partial charge in [0.25, 0.3) is 5.91 Å². The highest BCUT2D eigenvalue weighted by Crippen LogP contribution is 2.30. The van der Waals surface area contributed by atoms with E-state index in [4.69, 9.17) is 0 Å². The maximum absolute atomic E-state index is 13.0. The van der Waals surface area contributed by atoms with Gasteiger partial charge in [0.05, 0.1) is 6.42 Å². The molecule has 1 N–H and O–H groups in total. The minimum absolute atomic E-state index is 0.0842. The van der Waals surface area contributed by atoms with Gasteiger partial charge < -0.3 is 10.2 Å². The summed E-state index contributed by atoms with van der Waals surface area (Å²) in [5, 5.41) is 13.9. The fourth-order valence-corrected chi connectivity index (χ4v) is 4.85. The molecule has 6 nitrogen and oxygen atoms in total. The van der Waals surface area contributed by atoms with Crippen LogP contribution in [0, 0.1) is 5.82 Å². The van der Waals surface area contributed by atoms with E-state index in [0.717, 1.165) is 29.3 Å². The summed E-state index contributed by atoms with van der Waals surface area (Å²) in [5.74, 6) is -0.532. The number of thiophene rings is 1. The highest BCUT2D eigenvalue weighted by Gasteiger charge is 2.28. The first-order valence-electron chi connectivity index (χ1n) is 9.29. The maximum atomic E-state index is 13.0. The minimum atomic E-state index is -0.373. The van der Waals surface area contributed by atoms with Gasteiger partial charge in [-0.3, -0.25) is 9.59 Å². The second-order valence-electron chi connectivity index (χ2n) is 6.84. The van der Waals surface area contributed by atoms with Gasteiger partial charge in [-0.05, 0) is 48.6 Å². The predicted octanol–water partition coefficient (Wildman–Crippen LogP) is 3.94. The van der Waals surface area contributed by atoms with Crippen LogP contribution >= 0.6 is 22.7 Å². The Bertz CT molecular complexity index is 988. The third-order valence-corrected chi connectivity index (χ3v) is 6.73. The molecular weight excluding hydrogens is 411 g/mol. The fourth-order valence-electron chi connectivity index (χ4n) is 3.29. The molecule has 3 heterocycles. The lowest BCUT2D eigenvalue weighted by Crippen LogP contribution is -2.39. The number of halogens is 1. The molecule has 0 radical (unpaired) electrons. The lowest BCUT2D eigenvalue weighted by molar-refractivity contribution is -0.131. The summed E-state index contributed by atoms with van der Waals surface area (Å²) in [6, 6.07) is 9.48. The normalized spacial score (nSPS) is 16.6. The largest absolute Gasteiger partial charge is 0.342 e. The summed E-state index contributed by atoms with van der Waals surface area (Å²) in [5.41, 5.74) is 0.496. The molecule has 1 saturated heterocycles. The molecule has 150 valence electrons. The number of aromatic nitrogens is 2. The van der Waals surface area contributed by atoms with Crippen LogP contribution in [0.5, 0.6) is 0 Å². The summed E-state index contributed by atoms with van der Waals surface area (Å²) in [6.45, 7) is 1.34. The Morgan fingerprint density at radius 1 is 1.21 bits per heavy atom. The van der Waals surface area contributed by atoms with E-state index in [9.17, 15) is 14.0 Å². The lowest BCUT2D eigenvalue weighted by Gasteiger charge is -2.31. The van der Waals surface area contributed by atoms with Crippen LogP contribution in [0.3, 0.4) is 0 Å². The second-order valence-corrected chi connectivity index (χ2v) is 8.88. The van der Waals surface area contributed by atoms with E-state index >= 15 is 0 Å². The average Bonchev–Trinajstić information content (AvgIpc) is 3.42. The Kier molecular flexibility index (Phi) is 5.96. The Morgan fingerprint density at radius 2 is 2.03 bits per heavy atom. The molecular formula is C20H19FN4O2S2. The van der Waals surface area contributed by atoms with Crippen molar-refractivity contribution in [1.29, 1.82) is 0 Å². The number of carbonyl (C=O) groups excluding carboxylic acids is 2. The van der Waals surface area contributed by atoms with Crippen molar-refractivity contribution in [2.75, 3.05) is 18.4 Å². The first kappa shape index (κ1) is 19.7. The molecule has 9 heteroatoms. The van der Waals surface area contributed by atoms with E-state index in [0.29, 0.717) is 18.7 Å². The van der Waals surface area contributed by atoms with Crippen molar-refractivity contribution in [3.8, 4) is 0 Å². The highest BCUT2D eigenvalue weighted by atomic mass is 32.1. The molecule has 1 aromatic carbocycles. The minimum Gasteiger partial charge on any atom is -0.342 e. The quantitative estimate of drug-likeness (QED) is 0.665. The summed E-state index contributed by atoms with van der Waals surface area (Å²) < 4.78 is 13.0. The van der Waals surface area contributed by atoms with Gasteiger partial charge in [0.1, 0.15) is 10.8 Å². The second kappa shape index (κ2) is 8.79. The first-order valence-corrected chi connectivity index (χ1v) is 11.0. The van der Waals surface area contributed by atoms with Crippen LogP contribution in [0.2, 0.25) is 0 Å². The number of carbonyl (C=O) groups is 2. The first-order chi connectivity index (χ1) is 14.1. The average molecular weight is 431 g/mol. The van der Waals surface area contributed by atoms with E-state index in [1.165, 1.54) is 35.6 Å². The van der Waals surface area contributed by atoms with Crippen molar-refractivity contribution in [3.63, 3.8) is 0 Å². The van der Waals surface area contributed by atoms with Gasteiger partial charge in [-0.2, -0.15) is 0 Å². The zero-order valence-corrected chi connectivity index (χ0v) is 17.1. The van der Waals surface area contributed by atoms with Crippen LogP contribution in [0.25, 0.3) is 0 Å². The molecule has 0 aliphatic carbocycles. The van der Waals surface area contributed by atoms with Gasteiger partial charge in [-0.25, -0.2) is 4.39 Å². The third kappa shape index (κ3) is 4.86. The maximum Gasteiger partial charge on any atom is 0.286 e. The number of hydrogen-bond donors (Lipinski definition) is 1. The van der Waals surface area contributed by atoms with Gasteiger partial charge in [0, 0.05) is 29.6 Å². The Morgan fingerprint density at radius 3 is 2.79 bits per heavy atom. The number of anilines is 1. The van der Waals surface area contributed by atoms with Crippen molar-refractivity contribution in [2.45, 2.75) is 25.2 Å². The molecule has 1 aliphatic rings. The number of hydrogen-bond acceptors (Lipinski definition) is 6. The molecule has 0 saturated carbocycles. The smallest absolute Gasteiger partial charge is 0.286 e. The lowest BCUT2D eigenvalue weighted by atomic mass is 9.98. The molecule has 2 aromatic heterocycles. The molecule has 1 fully saturated rings. The van der Waals surface area contributed by atoms with E-state index in [-0.39, 0.29) is 28.6 Å². The molecule has 4 rings (SSSR count). The number of nitrogens with one attached hydrogen (secondary N) is 1. The van der Waals surface area contributed by atoms with Crippen molar-refractivity contribution < 1.29 is 14.0 Å². The van der Waals surface area contributed by atoms with E-state index in [2.05, 4.69) is 15.5 Å². The van der Waals surface area contributed by atoms with Crippen LogP contribution in [-0.4, -0.2) is 40.0 Å². The molecule has 1 aliphatic heterocycles. The van der Waals surface area contributed by atoms with Crippen molar-refractivity contribution in [2.24, 2.45) is 0 Å². The van der Waals surface area contributed by atoms with E-state index in [1.54, 1.807) is 11.3 Å². The van der Waals surface area contributed by atoms with Crippen molar-refractivity contribution in [1.82, 2.24) is 15.1 Å². The van der Waals surface area contributed by atoms with Crippen molar-refractivity contribution in [3.05, 3.63) is 62.5 Å². The SMILES string of the molecule is O=C(Nc1ccc(F)cc1)c1nnc([C@@H]2CCCN(C(=O)Cc3cccs3)C2)s1. The molecule has 29 heavy (non-hydrogen) atoms. The van der Waals surface area contributed by atoms with Crippen molar-refractivity contribution >= 4 is 40.2 Å². The Balaban J connectivity index is 1.38. The number of likely N-dealkylation sites (tertiary alicyclic amines) is 1. The fraction of sp³-hybridized carbons (Fsp3) is 0.300. The summed E-state index contributed by atoms with van der Waals surface area (Å²) in [6.07, 6.45) is 2.24. The van der Waals surface area contributed by atoms with Crippen LogP contribution in [0.4, 0.5) is 10.1 Å². The zero-order valence-electron chi connectivity index (χ0n) is 15.5. The molecule has 0 unspecified atom stereocenters. The summed E-state index contributed by atoms with van der Waals surface area (Å²) >= 11 is 2.83.